The minimum atomic E-state index is -5.53. The number of aliphatic hydroxyl groups is 4. The van der Waals surface area contributed by atoms with Crippen molar-refractivity contribution in [2.75, 3.05) is 13.2 Å². The number of alkyl halides is 2. The Labute approximate surface area is 231 Å². The molecule has 0 aliphatic carbocycles. The zero-order valence-corrected chi connectivity index (χ0v) is 23.4. The Morgan fingerprint density at radius 2 is 1.88 bits per heavy atom. The molecular weight excluding hydrogens is 608 g/mol. The third-order valence-electron chi connectivity index (χ3n) is 6.33. The fourth-order valence-electron chi connectivity index (χ4n) is 4.17. The fraction of sp³-hybridized carbons (Fsp3) is 0.650. The van der Waals surface area contributed by atoms with Crippen molar-refractivity contribution in [2.45, 2.75) is 67.7 Å². The van der Waals surface area contributed by atoms with Crippen LogP contribution in [0, 0.1) is 0 Å². The van der Waals surface area contributed by atoms with Crippen LogP contribution in [0.3, 0.4) is 0 Å². The molecule has 1 aromatic carbocycles. The number of carbonyl (C=O) groups is 1. The molecule has 12 atom stereocenters. The summed E-state index contributed by atoms with van der Waals surface area (Å²) in [7, 11) is -5.53. The third-order valence-corrected chi connectivity index (χ3v) is 9.94. The van der Waals surface area contributed by atoms with Crippen molar-refractivity contribution in [3.63, 3.8) is 0 Å². The Hall–Kier alpha value is -1.08. The van der Waals surface area contributed by atoms with Gasteiger partial charge >= 0.3 is 14.6 Å². The van der Waals surface area contributed by atoms with Gasteiger partial charge in [0.25, 0.3) is 0 Å². The van der Waals surface area contributed by atoms with Gasteiger partial charge in [-0.1, -0.05) is 24.4 Å². The van der Waals surface area contributed by atoms with E-state index in [0.717, 1.165) is 6.92 Å². The van der Waals surface area contributed by atoms with Gasteiger partial charge in [-0.05, 0) is 24.6 Å². The van der Waals surface area contributed by atoms with Crippen LogP contribution in [0.25, 0.3) is 0 Å². The second-order valence-electron chi connectivity index (χ2n) is 9.28. The summed E-state index contributed by atoms with van der Waals surface area (Å²) in [5.41, 5.74) is 9.27. The normalized spacial score (nSPS) is 38.4. The van der Waals surface area contributed by atoms with Crippen LogP contribution in [0.15, 0.2) is 24.3 Å². The van der Waals surface area contributed by atoms with Gasteiger partial charge < -0.3 is 46.3 Å². The van der Waals surface area contributed by atoms with Crippen molar-refractivity contribution in [1.82, 2.24) is 0 Å². The first-order chi connectivity index (χ1) is 18.4. The van der Waals surface area contributed by atoms with E-state index in [1.165, 1.54) is 24.3 Å². The standard InChI is InChI=1S/C20H30F2N2O13P2S/c1-20(22)16(23)11(34-17(20)8-3-2-4-9(5-8)18(24)29)7-33-39(32,40)37-38(30,31)36-19-14(28)12(26)13(27)15(35-19)10(21)6-25/h2-5,10-17,19,25-28H,6-7,23H2,1H3,(H2,24,29)(H,30,31)(H,32,40)/t10-,11+,12?,13?,14?,15?,16+,17-,19?,20+,39?/m0/s1. The average molecular weight is 638 g/mol. The van der Waals surface area contributed by atoms with Crippen molar-refractivity contribution in [3.05, 3.63) is 35.4 Å². The molecule has 9 N–H and O–H groups in total. The maximum absolute atomic E-state index is 15.5. The number of aliphatic hydroxyl groups excluding tert-OH is 4. The van der Waals surface area contributed by atoms with Gasteiger partial charge in [0, 0.05) is 5.56 Å². The zero-order chi connectivity index (χ0) is 30.2. The maximum Gasteiger partial charge on any atom is 0.482 e. The maximum atomic E-state index is 15.5. The second kappa shape index (κ2) is 12.7. The van der Waals surface area contributed by atoms with Gasteiger partial charge in [-0.2, -0.15) is 4.31 Å². The molecule has 2 aliphatic heterocycles. The first-order valence-corrected chi connectivity index (χ1v) is 15.7. The first kappa shape index (κ1) is 33.4. The Morgan fingerprint density at radius 1 is 1.23 bits per heavy atom. The molecule has 228 valence electrons. The van der Waals surface area contributed by atoms with Crippen LogP contribution >= 0.6 is 26.9 Å². The van der Waals surface area contributed by atoms with Gasteiger partial charge in [0.1, 0.15) is 36.6 Å². The molecular formula is C20H30F2N2O13P2S. The Bertz CT molecular complexity index is 1170. The molecule has 0 spiro atoms. The van der Waals surface area contributed by atoms with E-state index in [9.17, 15) is 38.5 Å². The molecule has 2 aliphatic rings. The molecule has 40 heavy (non-hydrogen) atoms. The van der Waals surface area contributed by atoms with Gasteiger partial charge in [0.05, 0.1) is 19.3 Å². The second-order valence-corrected chi connectivity index (χ2v) is 13.7. The summed E-state index contributed by atoms with van der Waals surface area (Å²) in [4.78, 5) is 21.5. The van der Waals surface area contributed by atoms with E-state index in [-0.39, 0.29) is 11.1 Å². The highest BCUT2D eigenvalue weighted by Gasteiger charge is 2.54. The largest absolute Gasteiger partial charge is 0.482 e. The van der Waals surface area contributed by atoms with Gasteiger partial charge in [-0.3, -0.25) is 13.8 Å². The average Bonchev–Trinajstić information content (AvgIpc) is 3.10. The number of phosphoric acid groups is 1. The number of amides is 1. The van der Waals surface area contributed by atoms with Crippen LogP contribution in [-0.4, -0.2) is 99.1 Å². The number of halogens is 2. The molecule has 0 bridgehead atoms. The summed E-state index contributed by atoms with van der Waals surface area (Å²) in [5.74, 6) is -0.765. The van der Waals surface area contributed by atoms with Gasteiger partial charge in [0.15, 0.2) is 18.1 Å². The quantitative estimate of drug-likeness (QED) is 0.114. The summed E-state index contributed by atoms with van der Waals surface area (Å²) < 4.78 is 78.9. The molecule has 0 radical (unpaired) electrons. The van der Waals surface area contributed by atoms with E-state index < -0.39 is 94.5 Å². The van der Waals surface area contributed by atoms with Crippen molar-refractivity contribution >= 4 is 32.8 Å². The lowest BCUT2D eigenvalue weighted by molar-refractivity contribution is -0.287. The zero-order valence-electron chi connectivity index (χ0n) is 20.7. The van der Waals surface area contributed by atoms with E-state index in [4.69, 9.17) is 30.6 Å². The van der Waals surface area contributed by atoms with E-state index in [2.05, 4.69) is 21.1 Å². The third kappa shape index (κ3) is 7.46. The van der Waals surface area contributed by atoms with Gasteiger partial charge in [-0.15, -0.1) is 0 Å². The summed E-state index contributed by atoms with van der Waals surface area (Å²) in [6, 6.07) is 4.23. The van der Waals surface area contributed by atoms with Crippen LogP contribution in [0.1, 0.15) is 28.9 Å². The summed E-state index contributed by atoms with van der Waals surface area (Å²) >= 11 is 3.56. The monoisotopic (exact) mass is 638 g/mol. The molecule has 20 heteroatoms. The lowest BCUT2D eigenvalue weighted by atomic mass is 9.88. The van der Waals surface area contributed by atoms with Crippen molar-refractivity contribution in [2.24, 2.45) is 11.5 Å². The number of hydrogen-bond donors (Lipinski definition) is 8. The summed E-state index contributed by atoms with van der Waals surface area (Å²) in [5, 5.41) is 38.6. The molecule has 3 rings (SSSR count). The number of ether oxygens (including phenoxy) is 2. The van der Waals surface area contributed by atoms with Crippen LogP contribution in [0.4, 0.5) is 8.78 Å². The van der Waals surface area contributed by atoms with Gasteiger partial charge in [-0.25, -0.2) is 17.9 Å². The highest BCUT2D eigenvalue weighted by atomic mass is 32.7. The fourth-order valence-corrected chi connectivity index (χ4v) is 7.36. The summed E-state index contributed by atoms with van der Waals surface area (Å²) in [6.07, 6.45) is -15.6. The predicted octanol–water partition coefficient (Wildman–Crippen LogP) is -0.393. The number of rotatable bonds is 11. The highest BCUT2D eigenvalue weighted by molar-refractivity contribution is 8.45. The molecule has 1 aromatic rings. The molecule has 0 saturated carbocycles. The molecule has 2 saturated heterocycles. The van der Waals surface area contributed by atoms with E-state index >= 15 is 4.39 Å². The Kier molecular flexibility index (Phi) is 10.6. The summed E-state index contributed by atoms with van der Waals surface area (Å²) in [6.45, 7) is -5.66. The molecule has 2 heterocycles. The predicted molar refractivity (Wildman–Crippen MR) is 133 cm³/mol. The van der Waals surface area contributed by atoms with Crippen LogP contribution in [0.2, 0.25) is 0 Å². The molecule has 15 nitrogen and oxygen atoms in total. The number of thiol groups is 1. The number of phosphoric ester groups is 1. The lowest BCUT2D eigenvalue weighted by Gasteiger charge is -2.41. The van der Waals surface area contributed by atoms with Crippen LogP contribution in [-0.2, 0) is 32.0 Å². The number of nitrogens with two attached hydrogens (primary N) is 2. The van der Waals surface area contributed by atoms with Crippen LogP contribution < -0.4 is 11.5 Å². The van der Waals surface area contributed by atoms with Crippen molar-refractivity contribution in [3.8, 4) is 0 Å². The molecule has 7 unspecified atom stereocenters. The smallest absolute Gasteiger partial charge is 0.393 e. The molecule has 2 fully saturated rings. The number of benzene rings is 1. The Balaban J connectivity index is 1.65. The minimum Gasteiger partial charge on any atom is -0.393 e. The lowest BCUT2D eigenvalue weighted by Crippen LogP contribution is -2.60. The van der Waals surface area contributed by atoms with E-state index in [1.807, 2.05) is 0 Å². The molecule has 0 aromatic heterocycles. The minimum absolute atomic E-state index is 0.0796. The number of carbonyl (C=O) groups excluding carboxylic acids is 1. The van der Waals surface area contributed by atoms with E-state index in [1.54, 1.807) is 0 Å². The highest BCUT2D eigenvalue weighted by Crippen LogP contribution is 2.66. The molecule has 1 amide bonds. The Morgan fingerprint density at radius 3 is 2.48 bits per heavy atom. The van der Waals surface area contributed by atoms with Gasteiger partial charge in [0.2, 0.25) is 5.91 Å². The topological polar surface area (TPSA) is 251 Å². The number of primary amides is 1. The van der Waals surface area contributed by atoms with Crippen molar-refractivity contribution < 1.29 is 70.9 Å². The van der Waals surface area contributed by atoms with E-state index in [0.29, 0.717) is 0 Å². The SMILES string of the molecule is C[C@@]1(F)[C@H](N)[C@@H](COP(=O)(S)OP(=O)(O)OC2OC([C@@H](F)CO)C(O)C(O)C2O)O[C@H]1c1cccc(C(N)=O)c1. The van der Waals surface area contributed by atoms with Crippen molar-refractivity contribution in [1.29, 1.82) is 0 Å². The number of hydrogen-bond acceptors (Lipinski definition) is 13. The van der Waals surface area contributed by atoms with Crippen LogP contribution in [0.5, 0.6) is 0 Å². The first-order valence-electron chi connectivity index (χ1n) is 11.5.